The number of ketones is 1. The number of allylic oxidation sites excluding steroid dienone is 1. The summed E-state index contributed by atoms with van der Waals surface area (Å²) in [6.45, 7) is 5.46. The van der Waals surface area contributed by atoms with Gasteiger partial charge >= 0.3 is 0 Å². The van der Waals surface area contributed by atoms with Gasteiger partial charge in [0.05, 0.1) is 5.57 Å². The maximum Gasteiger partial charge on any atom is 0.178 e. The van der Waals surface area contributed by atoms with Crippen LogP contribution in [0.25, 0.3) is 17.2 Å². The summed E-state index contributed by atoms with van der Waals surface area (Å²) in [5.74, 6) is -0.137. The van der Waals surface area contributed by atoms with Gasteiger partial charge in [0, 0.05) is 5.41 Å². The van der Waals surface area contributed by atoms with Gasteiger partial charge in [-0.1, -0.05) is 75.4 Å². The minimum atomic E-state index is -0.550. The molecule has 0 amide bonds. The van der Waals surface area contributed by atoms with Crippen molar-refractivity contribution in [2.45, 2.75) is 20.8 Å². The van der Waals surface area contributed by atoms with E-state index in [0.717, 1.165) is 16.7 Å². The van der Waals surface area contributed by atoms with Crippen molar-refractivity contribution in [3.05, 3.63) is 65.7 Å². The SMILES string of the molecule is CC(C)(C)C(=O)C(C#N)=Cc1ccc(-c2ccccc2)cc1. The Morgan fingerprint density at radius 3 is 2.00 bits per heavy atom. The minimum Gasteiger partial charge on any atom is -0.293 e. The summed E-state index contributed by atoms with van der Waals surface area (Å²) in [7, 11) is 0. The third kappa shape index (κ3) is 3.71. The molecule has 0 unspecified atom stereocenters. The Labute approximate surface area is 131 Å². The maximum absolute atomic E-state index is 12.2. The van der Waals surface area contributed by atoms with E-state index in [1.165, 1.54) is 0 Å². The number of hydrogen-bond donors (Lipinski definition) is 0. The standard InChI is InChI=1S/C20H19NO/c1-20(2,3)19(22)18(14-21)13-15-9-11-17(12-10-15)16-7-5-4-6-8-16/h4-13H,1-3H3. The maximum atomic E-state index is 12.2. The van der Waals surface area contributed by atoms with Gasteiger partial charge in [-0.15, -0.1) is 0 Å². The minimum absolute atomic E-state index is 0.137. The molecule has 22 heavy (non-hydrogen) atoms. The molecule has 0 aliphatic rings. The zero-order valence-electron chi connectivity index (χ0n) is 13.1. The molecule has 2 heteroatoms. The number of rotatable bonds is 3. The number of nitrogens with zero attached hydrogens (tertiary/aromatic N) is 1. The van der Waals surface area contributed by atoms with Crippen LogP contribution < -0.4 is 0 Å². The molecule has 2 nitrogen and oxygen atoms in total. The Morgan fingerprint density at radius 1 is 0.955 bits per heavy atom. The largest absolute Gasteiger partial charge is 0.293 e. The Balaban J connectivity index is 2.29. The monoisotopic (exact) mass is 289 g/mol. The molecule has 0 atom stereocenters. The van der Waals surface area contributed by atoms with Gasteiger partial charge in [0.2, 0.25) is 0 Å². The summed E-state index contributed by atoms with van der Waals surface area (Å²) < 4.78 is 0. The molecule has 0 aliphatic heterocycles. The molecule has 0 N–H and O–H groups in total. The molecular formula is C20H19NO. The quantitative estimate of drug-likeness (QED) is 0.597. The number of benzene rings is 2. The Kier molecular flexibility index (Phi) is 4.58. The Morgan fingerprint density at radius 2 is 1.50 bits per heavy atom. The van der Waals surface area contributed by atoms with E-state index in [-0.39, 0.29) is 11.4 Å². The number of nitriles is 1. The van der Waals surface area contributed by atoms with E-state index in [2.05, 4.69) is 12.1 Å². The molecule has 0 saturated carbocycles. The molecule has 0 bridgehead atoms. The first kappa shape index (κ1) is 15.7. The highest BCUT2D eigenvalue weighted by molar-refractivity contribution is 6.06. The molecule has 0 radical (unpaired) electrons. The van der Waals surface area contributed by atoms with Crippen LogP contribution in [0.1, 0.15) is 26.3 Å². The van der Waals surface area contributed by atoms with E-state index in [1.807, 2.05) is 69.3 Å². The molecule has 0 aliphatic carbocycles. The summed E-state index contributed by atoms with van der Waals surface area (Å²) in [4.78, 5) is 12.2. The second-order valence-electron chi connectivity index (χ2n) is 6.24. The average molecular weight is 289 g/mol. The highest BCUT2D eigenvalue weighted by atomic mass is 16.1. The number of carbonyl (C=O) groups is 1. The van der Waals surface area contributed by atoms with Crippen molar-refractivity contribution >= 4 is 11.9 Å². The topological polar surface area (TPSA) is 40.9 Å². The lowest BCUT2D eigenvalue weighted by Gasteiger charge is -2.15. The number of hydrogen-bond acceptors (Lipinski definition) is 2. The number of carbonyl (C=O) groups excluding carboxylic acids is 1. The van der Waals surface area contributed by atoms with Crippen LogP contribution in [0.5, 0.6) is 0 Å². The van der Waals surface area contributed by atoms with Crippen molar-refractivity contribution in [1.29, 1.82) is 5.26 Å². The highest BCUT2D eigenvalue weighted by Gasteiger charge is 2.24. The van der Waals surface area contributed by atoms with E-state index in [0.29, 0.717) is 0 Å². The molecular weight excluding hydrogens is 270 g/mol. The van der Waals surface area contributed by atoms with Crippen LogP contribution in [-0.4, -0.2) is 5.78 Å². The normalized spacial score (nSPS) is 11.8. The molecule has 0 heterocycles. The fourth-order valence-electron chi connectivity index (χ4n) is 2.12. The zero-order valence-corrected chi connectivity index (χ0v) is 13.1. The van der Waals surface area contributed by atoms with Gasteiger partial charge in [-0.25, -0.2) is 0 Å². The summed E-state index contributed by atoms with van der Waals surface area (Å²) >= 11 is 0. The third-order valence-electron chi connectivity index (χ3n) is 3.38. The van der Waals surface area contributed by atoms with Crippen molar-refractivity contribution in [2.24, 2.45) is 5.41 Å². The molecule has 0 spiro atoms. The summed E-state index contributed by atoms with van der Waals surface area (Å²) in [6.07, 6.45) is 1.66. The van der Waals surface area contributed by atoms with Crippen LogP contribution in [0, 0.1) is 16.7 Å². The van der Waals surface area contributed by atoms with E-state index in [9.17, 15) is 10.1 Å². The molecule has 0 aromatic heterocycles. The smallest absolute Gasteiger partial charge is 0.178 e. The average Bonchev–Trinajstić information content (AvgIpc) is 2.52. The van der Waals surface area contributed by atoms with Gasteiger partial charge in [0.15, 0.2) is 5.78 Å². The van der Waals surface area contributed by atoms with Crippen LogP contribution in [-0.2, 0) is 4.79 Å². The molecule has 0 saturated heterocycles. The van der Waals surface area contributed by atoms with Gasteiger partial charge in [0.25, 0.3) is 0 Å². The fraction of sp³-hybridized carbons (Fsp3) is 0.200. The van der Waals surface area contributed by atoms with Crippen molar-refractivity contribution in [2.75, 3.05) is 0 Å². The van der Waals surface area contributed by atoms with Crippen LogP contribution in [0.3, 0.4) is 0 Å². The first-order valence-corrected chi connectivity index (χ1v) is 7.24. The summed E-state index contributed by atoms with van der Waals surface area (Å²) in [5.41, 5.74) is 2.75. The van der Waals surface area contributed by atoms with Crippen molar-refractivity contribution in [3.8, 4) is 17.2 Å². The summed E-state index contributed by atoms with van der Waals surface area (Å²) in [6, 6.07) is 19.9. The predicted octanol–water partition coefficient (Wildman–Crippen LogP) is 4.88. The first-order valence-electron chi connectivity index (χ1n) is 7.24. The zero-order chi connectivity index (χ0) is 16.2. The van der Waals surface area contributed by atoms with Gasteiger partial charge in [-0.05, 0) is 22.8 Å². The Hall–Kier alpha value is -2.66. The van der Waals surface area contributed by atoms with E-state index in [1.54, 1.807) is 6.08 Å². The van der Waals surface area contributed by atoms with Gasteiger partial charge in [-0.2, -0.15) is 5.26 Å². The second-order valence-corrected chi connectivity index (χ2v) is 6.24. The van der Waals surface area contributed by atoms with Gasteiger partial charge in [0.1, 0.15) is 6.07 Å². The summed E-state index contributed by atoms with van der Waals surface area (Å²) in [5, 5.41) is 9.21. The van der Waals surface area contributed by atoms with Crippen LogP contribution >= 0.6 is 0 Å². The van der Waals surface area contributed by atoms with Crippen molar-refractivity contribution in [1.82, 2.24) is 0 Å². The van der Waals surface area contributed by atoms with Crippen molar-refractivity contribution in [3.63, 3.8) is 0 Å². The first-order chi connectivity index (χ1) is 10.4. The Bertz CT molecular complexity index is 726. The third-order valence-corrected chi connectivity index (χ3v) is 3.38. The molecule has 2 aromatic rings. The van der Waals surface area contributed by atoms with E-state index in [4.69, 9.17) is 0 Å². The van der Waals surface area contributed by atoms with E-state index < -0.39 is 5.41 Å². The van der Waals surface area contributed by atoms with E-state index >= 15 is 0 Å². The fourth-order valence-corrected chi connectivity index (χ4v) is 2.12. The van der Waals surface area contributed by atoms with Gasteiger partial charge < -0.3 is 0 Å². The molecule has 110 valence electrons. The lowest BCUT2D eigenvalue weighted by atomic mass is 9.86. The van der Waals surface area contributed by atoms with Gasteiger partial charge in [-0.3, -0.25) is 4.79 Å². The van der Waals surface area contributed by atoms with Crippen LogP contribution in [0.4, 0.5) is 0 Å². The van der Waals surface area contributed by atoms with Crippen LogP contribution in [0.15, 0.2) is 60.2 Å². The highest BCUT2D eigenvalue weighted by Crippen LogP contribution is 2.23. The second kappa shape index (κ2) is 6.41. The molecule has 0 fully saturated rings. The number of Topliss-reactive ketones (excluding diaryl/α,β-unsaturated/α-hetero) is 1. The van der Waals surface area contributed by atoms with Crippen molar-refractivity contribution < 1.29 is 4.79 Å². The predicted molar refractivity (Wildman–Crippen MR) is 89.9 cm³/mol. The lowest BCUT2D eigenvalue weighted by Crippen LogP contribution is -2.21. The molecule has 2 rings (SSSR count). The lowest BCUT2D eigenvalue weighted by molar-refractivity contribution is -0.121. The van der Waals surface area contributed by atoms with Crippen LogP contribution in [0.2, 0.25) is 0 Å². The molecule has 2 aromatic carbocycles.